The third-order valence-corrected chi connectivity index (χ3v) is 6.24. The van der Waals surface area contributed by atoms with E-state index in [1.807, 2.05) is 18.3 Å². The SMILES string of the molecule is Clc1cnc(NC2CCN(C3CCNCC3)C2)nc1-c1c[nH]c2ccccc12. The molecule has 4 heterocycles. The summed E-state index contributed by atoms with van der Waals surface area (Å²) in [5.41, 5.74) is 2.86. The summed E-state index contributed by atoms with van der Waals surface area (Å²) >= 11 is 6.45. The highest BCUT2D eigenvalue weighted by Gasteiger charge is 2.29. The number of aromatic nitrogens is 3. The third kappa shape index (κ3) is 3.48. The van der Waals surface area contributed by atoms with E-state index in [-0.39, 0.29) is 0 Å². The lowest BCUT2D eigenvalue weighted by molar-refractivity contribution is 0.197. The van der Waals surface area contributed by atoms with Gasteiger partial charge in [0.2, 0.25) is 5.95 Å². The summed E-state index contributed by atoms with van der Waals surface area (Å²) in [6, 6.07) is 9.28. The van der Waals surface area contributed by atoms with E-state index in [2.05, 4.69) is 37.6 Å². The molecule has 2 fully saturated rings. The van der Waals surface area contributed by atoms with Crippen LogP contribution in [0.3, 0.4) is 0 Å². The lowest BCUT2D eigenvalue weighted by Gasteiger charge is -2.31. The van der Waals surface area contributed by atoms with Crippen molar-refractivity contribution in [3.8, 4) is 11.3 Å². The number of nitrogens with zero attached hydrogens (tertiary/aromatic N) is 3. The molecule has 0 spiro atoms. The molecule has 3 N–H and O–H groups in total. The molecule has 2 aliphatic heterocycles. The lowest BCUT2D eigenvalue weighted by Crippen LogP contribution is -2.42. The van der Waals surface area contributed by atoms with E-state index in [1.54, 1.807) is 6.20 Å². The zero-order valence-corrected chi connectivity index (χ0v) is 16.5. The Morgan fingerprint density at radius 1 is 1.14 bits per heavy atom. The van der Waals surface area contributed by atoms with Crippen LogP contribution in [0, 0.1) is 0 Å². The van der Waals surface area contributed by atoms with Crippen molar-refractivity contribution in [1.29, 1.82) is 0 Å². The van der Waals surface area contributed by atoms with Crippen molar-refractivity contribution in [3.63, 3.8) is 0 Å². The van der Waals surface area contributed by atoms with Crippen molar-refractivity contribution in [2.75, 3.05) is 31.5 Å². The maximum atomic E-state index is 6.45. The average Bonchev–Trinajstić information content (AvgIpc) is 3.37. The predicted molar refractivity (Wildman–Crippen MR) is 114 cm³/mol. The van der Waals surface area contributed by atoms with E-state index >= 15 is 0 Å². The first-order chi connectivity index (χ1) is 13.8. The summed E-state index contributed by atoms with van der Waals surface area (Å²) in [5, 5.41) is 8.67. The van der Waals surface area contributed by atoms with Gasteiger partial charge in [-0.25, -0.2) is 9.97 Å². The van der Waals surface area contributed by atoms with Crippen LogP contribution in [0.15, 0.2) is 36.7 Å². The molecule has 1 aromatic carbocycles. The van der Waals surface area contributed by atoms with Crippen molar-refractivity contribution in [3.05, 3.63) is 41.7 Å². The van der Waals surface area contributed by atoms with Crippen molar-refractivity contribution in [1.82, 2.24) is 25.2 Å². The highest BCUT2D eigenvalue weighted by atomic mass is 35.5. The van der Waals surface area contributed by atoms with Gasteiger partial charge in [0.1, 0.15) is 0 Å². The molecule has 2 aromatic heterocycles. The maximum absolute atomic E-state index is 6.45. The maximum Gasteiger partial charge on any atom is 0.223 e. The fraction of sp³-hybridized carbons (Fsp3) is 0.429. The van der Waals surface area contributed by atoms with Crippen LogP contribution < -0.4 is 10.6 Å². The van der Waals surface area contributed by atoms with E-state index < -0.39 is 0 Å². The number of aromatic amines is 1. The number of rotatable bonds is 4. The highest BCUT2D eigenvalue weighted by Crippen LogP contribution is 2.32. The summed E-state index contributed by atoms with van der Waals surface area (Å²) in [7, 11) is 0. The molecule has 2 saturated heterocycles. The van der Waals surface area contributed by atoms with Crippen LogP contribution in [0.5, 0.6) is 0 Å². The van der Waals surface area contributed by atoms with Gasteiger partial charge >= 0.3 is 0 Å². The van der Waals surface area contributed by atoms with Gasteiger partial charge in [0.25, 0.3) is 0 Å². The van der Waals surface area contributed by atoms with Crippen LogP contribution in [0.2, 0.25) is 5.02 Å². The summed E-state index contributed by atoms with van der Waals surface area (Å²) in [4.78, 5) is 15.1. The van der Waals surface area contributed by atoms with E-state index in [9.17, 15) is 0 Å². The summed E-state index contributed by atoms with van der Waals surface area (Å²) in [6.07, 6.45) is 7.28. The zero-order valence-electron chi connectivity index (χ0n) is 15.8. The second kappa shape index (κ2) is 7.70. The molecule has 146 valence electrons. The fourth-order valence-corrected chi connectivity index (χ4v) is 4.68. The van der Waals surface area contributed by atoms with Gasteiger partial charge < -0.3 is 15.6 Å². The molecule has 5 rings (SSSR count). The second-order valence-corrected chi connectivity index (χ2v) is 8.15. The van der Waals surface area contributed by atoms with Crippen molar-refractivity contribution in [2.45, 2.75) is 31.3 Å². The Morgan fingerprint density at radius 3 is 2.89 bits per heavy atom. The molecule has 0 amide bonds. The number of likely N-dealkylation sites (tertiary alicyclic amines) is 1. The number of benzene rings is 1. The Kier molecular flexibility index (Phi) is 4.93. The minimum absolute atomic E-state index is 0.381. The lowest BCUT2D eigenvalue weighted by atomic mass is 10.1. The molecule has 6 nitrogen and oxygen atoms in total. The topological polar surface area (TPSA) is 68.9 Å². The Bertz CT molecular complexity index is 964. The summed E-state index contributed by atoms with van der Waals surface area (Å²) in [5.74, 6) is 0.654. The Hall–Kier alpha value is -2.15. The summed E-state index contributed by atoms with van der Waals surface area (Å²) in [6.45, 7) is 4.46. The number of hydrogen-bond donors (Lipinski definition) is 3. The van der Waals surface area contributed by atoms with Crippen molar-refractivity contribution >= 4 is 28.5 Å². The molecule has 7 heteroatoms. The van der Waals surface area contributed by atoms with Gasteiger partial charge in [-0.15, -0.1) is 0 Å². The van der Waals surface area contributed by atoms with Crippen LogP contribution in [-0.4, -0.2) is 58.1 Å². The Morgan fingerprint density at radius 2 is 2.00 bits per heavy atom. The van der Waals surface area contributed by atoms with E-state index in [1.165, 1.54) is 12.8 Å². The molecule has 2 aliphatic rings. The van der Waals surface area contributed by atoms with Crippen LogP contribution in [0.1, 0.15) is 19.3 Å². The standard InChI is InChI=1S/C21H25ClN6/c22-18-12-25-21(26-14-7-10-28(13-14)15-5-8-23-9-6-15)27-20(18)17-11-24-19-4-2-1-3-16(17)19/h1-4,11-12,14-15,23-24H,5-10,13H2,(H,25,26,27). The molecule has 0 radical (unpaired) electrons. The largest absolute Gasteiger partial charge is 0.360 e. The van der Waals surface area contributed by atoms with Gasteiger partial charge in [0, 0.05) is 47.8 Å². The number of fused-ring (bicyclic) bond motifs is 1. The first-order valence-corrected chi connectivity index (χ1v) is 10.5. The van der Waals surface area contributed by atoms with Gasteiger partial charge in [-0.2, -0.15) is 0 Å². The van der Waals surface area contributed by atoms with Gasteiger partial charge in [0.05, 0.1) is 16.9 Å². The molecule has 3 aromatic rings. The molecule has 0 aliphatic carbocycles. The van der Waals surface area contributed by atoms with Gasteiger partial charge in [-0.3, -0.25) is 4.90 Å². The van der Waals surface area contributed by atoms with Gasteiger partial charge in [-0.1, -0.05) is 29.8 Å². The van der Waals surface area contributed by atoms with Crippen LogP contribution >= 0.6 is 11.6 Å². The number of H-pyrrole nitrogens is 1. The van der Waals surface area contributed by atoms with Crippen molar-refractivity contribution < 1.29 is 0 Å². The molecule has 28 heavy (non-hydrogen) atoms. The molecule has 1 unspecified atom stereocenters. The number of piperidine rings is 1. The summed E-state index contributed by atoms with van der Waals surface area (Å²) < 4.78 is 0. The number of para-hydroxylation sites is 1. The highest BCUT2D eigenvalue weighted by molar-refractivity contribution is 6.33. The molecule has 0 bridgehead atoms. The van der Waals surface area contributed by atoms with Crippen LogP contribution in [-0.2, 0) is 0 Å². The molecular weight excluding hydrogens is 372 g/mol. The second-order valence-electron chi connectivity index (χ2n) is 7.74. The minimum atomic E-state index is 0.381. The smallest absolute Gasteiger partial charge is 0.223 e. The number of nitrogens with one attached hydrogen (secondary N) is 3. The third-order valence-electron chi connectivity index (χ3n) is 5.97. The number of halogens is 1. The van der Waals surface area contributed by atoms with Crippen molar-refractivity contribution in [2.24, 2.45) is 0 Å². The van der Waals surface area contributed by atoms with E-state index in [0.29, 0.717) is 23.1 Å². The first-order valence-electron chi connectivity index (χ1n) is 10.1. The monoisotopic (exact) mass is 396 g/mol. The van der Waals surface area contributed by atoms with E-state index in [4.69, 9.17) is 16.6 Å². The minimum Gasteiger partial charge on any atom is -0.360 e. The Labute approximate surface area is 169 Å². The van der Waals surface area contributed by atoms with Crippen LogP contribution in [0.4, 0.5) is 5.95 Å². The zero-order chi connectivity index (χ0) is 18.9. The molecule has 1 atom stereocenters. The van der Waals surface area contributed by atoms with E-state index in [0.717, 1.165) is 54.8 Å². The van der Waals surface area contributed by atoms with Crippen LogP contribution in [0.25, 0.3) is 22.2 Å². The normalized spacial score (nSPS) is 21.4. The molecule has 0 saturated carbocycles. The molecular formula is C21H25ClN6. The quantitative estimate of drug-likeness (QED) is 0.629. The van der Waals surface area contributed by atoms with Gasteiger partial charge in [-0.05, 0) is 38.4 Å². The average molecular weight is 397 g/mol. The predicted octanol–water partition coefficient (Wildman–Crippen LogP) is 3.52. The van der Waals surface area contributed by atoms with Gasteiger partial charge in [0.15, 0.2) is 0 Å². The number of hydrogen-bond acceptors (Lipinski definition) is 5. The Balaban J connectivity index is 1.34. The first kappa shape index (κ1) is 17.9. The number of anilines is 1. The fourth-order valence-electron chi connectivity index (χ4n) is 4.48.